The summed E-state index contributed by atoms with van der Waals surface area (Å²) in [7, 11) is 1.74. The lowest BCUT2D eigenvalue weighted by Crippen LogP contribution is -2.39. The van der Waals surface area contributed by atoms with Gasteiger partial charge in [-0.3, -0.25) is 0 Å². The number of nitrogens with zero attached hydrogens (tertiary/aromatic N) is 2. The molecule has 0 radical (unpaired) electrons. The Morgan fingerprint density at radius 1 is 1.29 bits per heavy atom. The molecule has 1 aromatic heterocycles. The van der Waals surface area contributed by atoms with Gasteiger partial charge < -0.3 is 20.1 Å². The molecule has 1 atom stereocenters. The molecule has 0 bridgehead atoms. The number of nitrogens with one attached hydrogen (secondary N) is 2. The quantitative estimate of drug-likeness (QED) is 0.765. The molecule has 1 aromatic rings. The Morgan fingerprint density at radius 3 is 2.62 bits per heavy atom. The van der Waals surface area contributed by atoms with Crippen molar-refractivity contribution < 1.29 is 9.47 Å². The van der Waals surface area contributed by atoms with Gasteiger partial charge in [-0.25, -0.2) is 9.97 Å². The van der Waals surface area contributed by atoms with Crippen LogP contribution < -0.4 is 10.6 Å². The molecule has 1 saturated heterocycles. The maximum absolute atomic E-state index is 5.63. The third-order valence-corrected chi connectivity index (χ3v) is 3.70. The van der Waals surface area contributed by atoms with E-state index >= 15 is 0 Å². The van der Waals surface area contributed by atoms with Gasteiger partial charge in [0.25, 0.3) is 0 Å². The van der Waals surface area contributed by atoms with E-state index in [9.17, 15) is 0 Å². The Balaban J connectivity index is 2.07. The van der Waals surface area contributed by atoms with Crippen LogP contribution in [0, 0.1) is 0 Å². The smallest absolute Gasteiger partial charge is 0.133 e. The molecule has 0 amide bonds. The van der Waals surface area contributed by atoms with E-state index in [0.29, 0.717) is 13.2 Å². The molecule has 0 aliphatic carbocycles. The standard InChI is InChI=1S/C15H26N4O2/c1-4-6-12-18-13(16-5-2)9-14(19-12)17-10-15(20-3)7-8-21-11-15/h9H,4-8,10-11H2,1-3H3,(H2,16,17,18,19). The monoisotopic (exact) mass is 294 g/mol. The van der Waals surface area contributed by atoms with Crippen LogP contribution >= 0.6 is 0 Å². The van der Waals surface area contributed by atoms with Crippen LogP contribution in [0.2, 0.25) is 0 Å². The zero-order valence-corrected chi connectivity index (χ0v) is 13.2. The molecule has 2 rings (SSSR count). The third-order valence-electron chi connectivity index (χ3n) is 3.70. The largest absolute Gasteiger partial charge is 0.378 e. The third kappa shape index (κ3) is 4.28. The van der Waals surface area contributed by atoms with E-state index in [1.807, 2.05) is 6.07 Å². The van der Waals surface area contributed by atoms with E-state index in [4.69, 9.17) is 9.47 Å². The minimum Gasteiger partial charge on any atom is -0.378 e. The van der Waals surface area contributed by atoms with Gasteiger partial charge in [0.15, 0.2) is 0 Å². The summed E-state index contributed by atoms with van der Waals surface area (Å²) in [6.07, 6.45) is 2.82. The second-order valence-electron chi connectivity index (χ2n) is 5.38. The van der Waals surface area contributed by atoms with Gasteiger partial charge in [-0.1, -0.05) is 6.92 Å². The van der Waals surface area contributed by atoms with Crippen LogP contribution in [-0.2, 0) is 15.9 Å². The van der Waals surface area contributed by atoms with Crippen LogP contribution in [0.15, 0.2) is 6.07 Å². The number of rotatable bonds is 8. The van der Waals surface area contributed by atoms with Crippen molar-refractivity contribution in [2.75, 3.05) is 44.0 Å². The second-order valence-corrected chi connectivity index (χ2v) is 5.38. The van der Waals surface area contributed by atoms with Crippen LogP contribution in [0.3, 0.4) is 0 Å². The van der Waals surface area contributed by atoms with Crippen molar-refractivity contribution in [2.45, 2.75) is 38.7 Å². The highest BCUT2D eigenvalue weighted by atomic mass is 16.5. The number of anilines is 2. The lowest BCUT2D eigenvalue weighted by atomic mass is 10.0. The first-order valence-corrected chi connectivity index (χ1v) is 7.70. The van der Waals surface area contributed by atoms with E-state index in [2.05, 4.69) is 34.4 Å². The molecule has 6 heteroatoms. The van der Waals surface area contributed by atoms with Crippen molar-refractivity contribution in [3.05, 3.63) is 11.9 Å². The Labute approximate surface area is 126 Å². The summed E-state index contributed by atoms with van der Waals surface area (Å²) < 4.78 is 11.1. The van der Waals surface area contributed by atoms with Gasteiger partial charge in [-0.05, 0) is 13.3 Å². The summed E-state index contributed by atoms with van der Waals surface area (Å²) in [5.74, 6) is 2.58. The van der Waals surface area contributed by atoms with Gasteiger partial charge in [0.1, 0.15) is 23.1 Å². The van der Waals surface area contributed by atoms with Crippen molar-refractivity contribution in [3.8, 4) is 0 Å². The molecule has 2 N–H and O–H groups in total. The average molecular weight is 294 g/mol. The number of ether oxygens (including phenoxy) is 2. The van der Waals surface area contributed by atoms with Crippen molar-refractivity contribution >= 4 is 11.6 Å². The average Bonchev–Trinajstić information content (AvgIpc) is 2.95. The zero-order chi connectivity index (χ0) is 15.1. The summed E-state index contributed by atoms with van der Waals surface area (Å²) >= 11 is 0. The lowest BCUT2D eigenvalue weighted by molar-refractivity contribution is -0.00625. The molecule has 0 spiro atoms. The highest BCUT2D eigenvalue weighted by Gasteiger charge is 2.34. The van der Waals surface area contributed by atoms with Gasteiger partial charge >= 0.3 is 0 Å². The summed E-state index contributed by atoms with van der Waals surface area (Å²) in [5.41, 5.74) is -0.242. The molecule has 21 heavy (non-hydrogen) atoms. The first-order chi connectivity index (χ1) is 10.2. The van der Waals surface area contributed by atoms with E-state index < -0.39 is 0 Å². The Morgan fingerprint density at radius 2 is 2.05 bits per heavy atom. The Bertz CT molecular complexity index is 423. The molecule has 1 fully saturated rings. The fourth-order valence-corrected chi connectivity index (χ4v) is 2.41. The normalized spacial score (nSPS) is 21.5. The summed E-state index contributed by atoms with van der Waals surface area (Å²) in [6.45, 7) is 7.11. The topological polar surface area (TPSA) is 68.3 Å². The van der Waals surface area contributed by atoms with Gasteiger partial charge in [0.05, 0.1) is 6.61 Å². The number of methoxy groups -OCH3 is 1. The molecule has 1 aliphatic heterocycles. The summed E-state index contributed by atoms with van der Waals surface area (Å²) in [4.78, 5) is 9.09. The van der Waals surface area contributed by atoms with Crippen LogP contribution in [0.1, 0.15) is 32.5 Å². The van der Waals surface area contributed by atoms with Gasteiger partial charge in [0, 0.05) is 45.7 Å². The van der Waals surface area contributed by atoms with E-state index in [0.717, 1.165) is 49.9 Å². The first-order valence-electron chi connectivity index (χ1n) is 7.70. The minimum atomic E-state index is -0.242. The lowest BCUT2D eigenvalue weighted by Gasteiger charge is -2.26. The van der Waals surface area contributed by atoms with Gasteiger partial charge in [0.2, 0.25) is 0 Å². The predicted molar refractivity (Wildman–Crippen MR) is 83.9 cm³/mol. The Hall–Kier alpha value is -1.40. The maximum atomic E-state index is 5.63. The molecule has 118 valence electrons. The summed E-state index contributed by atoms with van der Waals surface area (Å²) in [6, 6.07) is 1.95. The van der Waals surface area contributed by atoms with Crippen LogP contribution in [0.25, 0.3) is 0 Å². The molecule has 6 nitrogen and oxygen atoms in total. The van der Waals surface area contributed by atoms with Gasteiger partial charge in [-0.2, -0.15) is 0 Å². The van der Waals surface area contributed by atoms with Crippen molar-refractivity contribution in [1.82, 2.24) is 9.97 Å². The van der Waals surface area contributed by atoms with E-state index in [1.54, 1.807) is 7.11 Å². The van der Waals surface area contributed by atoms with Gasteiger partial charge in [-0.15, -0.1) is 0 Å². The van der Waals surface area contributed by atoms with Crippen LogP contribution in [0.4, 0.5) is 11.6 Å². The molecule has 2 heterocycles. The first kappa shape index (κ1) is 16.0. The maximum Gasteiger partial charge on any atom is 0.133 e. The van der Waals surface area contributed by atoms with E-state index in [1.165, 1.54) is 0 Å². The fourth-order valence-electron chi connectivity index (χ4n) is 2.41. The second kappa shape index (κ2) is 7.56. The van der Waals surface area contributed by atoms with E-state index in [-0.39, 0.29) is 5.60 Å². The number of aromatic nitrogens is 2. The number of hydrogen-bond acceptors (Lipinski definition) is 6. The molecule has 1 aliphatic rings. The molecule has 1 unspecified atom stereocenters. The predicted octanol–water partition coefficient (Wildman–Crippen LogP) is 2.08. The fraction of sp³-hybridized carbons (Fsp3) is 0.733. The molecule has 0 aromatic carbocycles. The SMILES string of the molecule is CCCc1nc(NCC)cc(NCC2(OC)CCOC2)n1. The zero-order valence-electron chi connectivity index (χ0n) is 13.2. The van der Waals surface area contributed by atoms with Crippen LogP contribution in [0.5, 0.6) is 0 Å². The van der Waals surface area contributed by atoms with Crippen molar-refractivity contribution in [3.63, 3.8) is 0 Å². The van der Waals surface area contributed by atoms with Crippen molar-refractivity contribution in [1.29, 1.82) is 0 Å². The number of hydrogen-bond donors (Lipinski definition) is 2. The van der Waals surface area contributed by atoms with Crippen LogP contribution in [-0.4, -0.2) is 49.0 Å². The van der Waals surface area contributed by atoms with Crippen molar-refractivity contribution in [2.24, 2.45) is 0 Å². The Kier molecular flexibility index (Phi) is 5.76. The summed E-state index contributed by atoms with van der Waals surface area (Å²) in [5, 5.41) is 6.63. The minimum absolute atomic E-state index is 0.242. The molecular weight excluding hydrogens is 268 g/mol. The molecular formula is C15H26N4O2. The number of aryl methyl sites for hydroxylation is 1. The highest BCUT2D eigenvalue weighted by Crippen LogP contribution is 2.23. The molecule has 0 saturated carbocycles. The highest BCUT2D eigenvalue weighted by molar-refractivity contribution is 5.47.